The van der Waals surface area contributed by atoms with Crippen molar-refractivity contribution in [1.82, 2.24) is 0 Å². The van der Waals surface area contributed by atoms with Crippen LogP contribution < -0.4 is 0 Å². The second kappa shape index (κ2) is 17.8. The van der Waals surface area contributed by atoms with Crippen LogP contribution in [-0.2, 0) is 28.6 Å². The van der Waals surface area contributed by atoms with E-state index in [1.54, 1.807) is 0 Å². The van der Waals surface area contributed by atoms with E-state index in [0.717, 1.165) is 64.2 Å². The highest BCUT2D eigenvalue weighted by atomic mass is 16.6. The van der Waals surface area contributed by atoms with E-state index in [-0.39, 0.29) is 18.9 Å². The molecule has 0 bridgehead atoms. The molecular weight excluding hydrogens is 396 g/mol. The van der Waals surface area contributed by atoms with Crippen LogP contribution in [0, 0.1) is 5.41 Å². The van der Waals surface area contributed by atoms with Crippen LogP contribution in [-0.4, -0.2) is 37.2 Å². The maximum atomic E-state index is 13.1. The van der Waals surface area contributed by atoms with Crippen molar-refractivity contribution in [3.05, 3.63) is 12.7 Å². The maximum absolute atomic E-state index is 13.1. The highest BCUT2D eigenvalue weighted by Gasteiger charge is 2.43. The first-order valence-corrected chi connectivity index (χ1v) is 12.0. The van der Waals surface area contributed by atoms with Gasteiger partial charge in [0.15, 0.2) is 0 Å². The molecule has 0 aliphatic carbocycles. The monoisotopic (exact) mass is 440 g/mol. The number of rotatable bonds is 19. The van der Waals surface area contributed by atoms with E-state index in [0.29, 0.717) is 13.2 Å². The predicted molar refractivity (Wildman–Crippen MR) is 123 cm³/mol. The van der Waals surface area contributed by atoms with Gasteiger partial charge in [-0.2, -0.15) is 0 Å². The molecule has 0 saturated heterocycles. The van der Waals surface area contributed by atoms with E-state index in [2.05, 4.69) is 27.4 Å². The van der Waals surface area contributed by atoms with E-state index in [1.165, 1.54) is 6.08 Å². The summed E-state index contributed by atoms with van der Waals surface area (Å²) in [5.41, 5.74) is -1.48. The molecule has 0 aromatic heterocycles. The zero-order valence-electron chi connectivity index (χ0n) is 20.2. The molecule has 0 heterocycles. The van der Waals surface area contributed by atoms with Gasteiger partial charge in [0.2, 0.25) is 0 Å². The van der Waals surface area contributed by atoms with Gasteiger partial charge < -0.3 is 14.2 Å². The molecule has 0 rings (SSSR count). The highest BCUT2D eigenvalue weighted by molar-refractivity contribution is 5.89. The van der Waals surface area contributed by atoms with Gasteiger partial charge in [0.05, 0.1) is 32.2 Å². The lowest BCUT2D eigenvalue weighted by atomic mass is 9.81. The zero-order chi connectivity index (χ0) is 23.5. The molecule has 0 aromatic carbocycles. The summed E-state index contributed by atoms with van der Waals surface area (Å²) in [5.74, 6) is -1.70. The predicted octanol–water partition coefficient (Wildman–Crippen LogP) is 5.92. The van der Waals surface area contributed by atoms with Gasteiger partial charge in [0.25, 0.3) is 0 Å². The lowest BCUT2D eigenvalue weighted by Gasteiger charge is -2.28. The average molecular weight is 441 g/mol. The van der Waals surface area contributed by atoms with Crippen LogP contribution in [0.25, 0.3) is 0 Å². The Kier molecular flexibility index (Phi) is 16.7. The molecule has 0 fully saturated rings. The first-order valence-electron chi connectivity index (χ1n) is 12.0. The van der Waals surface area contributed by atoms with E-state index in [4.69, 9.17) is 14.2 Å². The van der Waals surface area contributed by atoms with Gasteiger partial charge >= 0.3 is 17.9 Å². The molecule has 1 unspecified atom stereocenters. The molecule has 0 spiro atoms. The SMILES string of the molecule is C=CC(CC(=O)OCCCCC)(CC(=O)OCCCCC)C(=O)OC(C)CCCCC. The number of hydrogen-bond donors (Lipinski definition) is 0. The van der Waals surface area contributed by atoms with E-state index < -0.39 is 23.3 Å². The Morgan fingerprint density at radius 1 is 0.806 bits per heavy atom. The summed E-state index contributed by atoms with van der Waals surface area (Å²) in [5, 5.41) is 0. The minimum atomic E-state index is -1.48. The molecule has 1 atom stereocenters. The third-order valence-corrected chi connectivity index (χ3v) is 5.26. The highest BCUT2D eigenvalue weighted by Crippen LogP contribution is 2.32. The fourth-order valence-electron chi connectivity index (χ4n) is 3.17. The summed E-state index contributed by atoms with van der Waals surface area (Å²) in [6.07, 6.45) is 9.76. The first-order chi connectivity index (χ1) is 14.8. The number of hydrogen-bond acceptors (Lipinski definition) is 6. The van der Waals surface area contributed by atoms with Gasteiger partial charge in [0, 0.05) is 0 Å². The summed E-state index contributed by atoms with van der Waals surface area (Å²) >= 11 is 0. The topological polar surface area (TPSA) is 78.9 Å². The van der Waals surface area contributed by atoms with Crippen molar-refractivity contribution < 1.29 is 28.6 Å². The first kappa shape index (κ1) is 29.1. The van der Waals surface area contributed by atoms with Gasteiger partial charge in [-0.1, -0.05) is 65.4 Å². The van der Waals surface area contributed by atoms with Crippen LogP contribution in [0.15, 0.2) is 12.7 Å². The molecule has 0 aliphatic rings. The van der Waals surface area contributed by atoms with Gasteiger partial charge in [-0.05, 0) is 32.6 Å². The molecule has 31 heavy (non-hydrogen) atoms. The third-order valence-electron chi connectivity index (χ3n) is 5.26. The smallest absolute Gasteiger partial charge is 0.317 e. The summed E-state index contributed by atoms with van der Waals surface area (Å²) in [6, 6.07) is 0. The normalized spacial score (nSPS) is 12.1. The van der Waals surface area contributed by atoms with Crippen LogP contribution >= 0.6 is 0 Å². The van der Waals surface area contributed by atoms with Gasteiger partial charge in [-0.3, -0.25) is 14.4 Å². The van der Waals surface area contributed by atoms with Crippen molar-refractivity contribution in [3.63, 3.8) is 0 Å². The summed E-state index contributed by atoms with van der Waals surface area (Å²) in [6.45, 7) is 12.4. The Morgan fingerprint density at radius 2 is 1.26 bits per heavy atom. The molecule has 6 nitrogen and oxygen atoms in total. The Labute approximate surface area is 189 Å². The van der Waals surface area contributed by atoms with Crippen molar-refractivity contribution >= 4 is 17.9 Å². The van der Waals surface area contributed by atoms with Crippen molar-refractivity contribution in [2.24, 2.45) is 5.41 Å². The third kappa shape index (κ3) is 13.2. The number of esters is 3. The molecule has 0 radical (unpaired) electrons. The Bertz CT molecular complexity index is 502. The Balaban J connectivity index is 5.16. The quantitative estimate of drug-likeness (QED) is 0.107. The molecule has 0 saturated carbocycles. The number of carbonyl (C=O) groups is 3. The van der Waals surface area contributed by atoms with Crippen LogP contribution in [0.3, 0.4) is 0 Å². The average Bonchev–Trinajstić information content (AvgIpc) is 2.74. The minimum absolute atomic E-state index is 0.285. The minimum Gasteiger partial charge on any atom is -0.466 e. The van der Waals surface area contributed by atoms with Crippen LogP contribution in [0.4, 0.5) is 0 Å². The summed E-state index contributed by atoms with van der Waals surface area (Å²) in [4.78, 5) is 37.9. The fraction of sp³-hybridized carbons (Fsp3) is 0.800. The second-order valence-electron chi connectivity index (χ2n) is 8.28. The van der Waals surface area contributed by atoms with Crippen LogP contribution in [0.1, 0.15) is 105 Å². The number of ether oxygens (including phenoxy) is 3. The Hall–Kier alpha value is -1.85. The molecule has 0 N–H and O–H groups in total. The molecular formula is C25H44O6. The zero-order valence-corrected chi connectivity index (χ0v) is 20.2. The van der Waals surface area contributed by atoms with Crippen molar-refractivity contribution in [2.75, 3.05) is 13.2 Å². The lowest BCUT2D eigenvalue weighted by molar-refractivity contribution is -0.168. The van der Waals surface area contributed by atoms with Crippen LogP contribution in [0.5, 0.6) is 0 Å². The lowest BCUT2D eigenvalue weighted by Crippen LogP contribution is -2.38. The summed E-state index contributed by atoms with van der Waals surface area (Å²) in [7, 11) is 0. The fourth-order valence-corrected chi connectivity index (χ4v) is 3.17. The molecule has 0 aliphatic heterocycles. The van der Waals surface area contributed by atoms with Crippen LogP contribution in [0.2, 0.25) is 0 Å². The number of unbranched alkanes of at least 4 members (excludes halogenated alkanes) is 6. The van der Waals surface area contributed by atoms with Crippen molar-refractivity contribution in [1.29, 1.82) is 0 Å². The standard InChI is InChI=1S/C25H44O6/c1-6-10-13-16-21(5)31-24(28)25(9-4,19-22(26)29-17-14-11-7-2)20-23(27)30-18-15-12-8-3/h9,21H,4,6-8,10-20H2,1-3,5H3. The number of carbonyl (C=O) groups excluding carboxylic acids is 3. The van der Waals surface area contributed by atoms with E-state index in [1.807, 2.05) is 6.92 Å². The Morgan fingerprint density at radius 3 is 1.68 bits per heavy atom. The maximum Gasteiger partial charge on any atom is 0.317 e. The van der Waals surface area contributed by atoms with Gasteiger partial charge in [-0.15, -0.1) is 6.58 Å². The largest absolute Gasteiger partial charge is 0.466 e. The molecule has 6 heteroatoms. The van der Waals surface area contributed by atoms with Crippen molar-refractivity contribution in [3.8, 4) is 0 Å². The summed E-state index contributed by atoms with van der Waals surface area (Å²) < 4.78 is 16.2. The van der Waals surface area contributed by atoms with E-state index >= 15 is 0 Å². The molecule has 0 aromatic rings. The van der Waals surface area contributed by atoms with Gasteiger partial charge in [-0.25, -0.2) is 0 Å². The van der Waals surface area contributed by atoms with Gasteiger partial charge in [0.1, 0.15) is 5.41 Å². The molecule has 0 amide bonds. The second-order valence-corrected chi connectivity index (χ2v) is 8.28. The molecule has 180 valence electrons. The van der Waals surface area contributed by atoms with Crippen molar-refractivity contribution in [2.45, 2.75) is 111 Å². The van der Waals surface area contributed by atoms with E-state index in [9.17, 15) is 14.4 Å².